The Morgan fingerprint density at radius 3 is 2.04 bits per heavy atom. The molecular formula is C19H28N4O3. The van der Waals surface area contributed by atoms with Gasteiger partial charge in [0.2, 0.25) is 0 Å². The van der Waals surface area contributed by atoms with E-state index in [1.807, 2.05) is 0 Å². The van der Waals surface area contributed by atoms with Gasteiger partial charge in [0, 0.05) is 46.0 Å². The van der Waals surface area contributed by atoms with E-state index < -0.39 is 18.4 Å². The van der Waals surface area contributed by atoms with E-state index in [9.17, 15) is 15.3 Å². The summed E-state index contributed by atoms with van der Waals surface area (Å²) in [7, 11) is 0. The molecular weight excluding hydrogens is 332 g/mol. The van der Waals surface area contributed by atoms with Gasteiger partial charge in [0.15, 0.2) is 0 Å². The highest BCUT2D eigenvalue weighted by Crippen LogP contribution is 2.35. The minimum Gasteiger partial charge on any atom is -0.399 e. The molecule has 0 aliphatic heterocycles. The molecule has 3 atom stereocenters. The average molecular weight is 360 g/mol. The normalized spacial score (nSPS) is 14.7. The number of nitrogen functional groups attached to an aromatic ring is 3. The summed E-state index contributed by atoms with van der Waals surface area (Å²) in [6, 6.07) is 8.45. The zero-order chi connectivity index (χ0) is 19.6. The van der Waals surface area contributed by atoms with Crippen LogP contribution in [0.1, 0.15) is 49.7 Å². The van der Waals surface area contributed by atoms with Crippen LogP contribution in [0.3, 0.4) is 0 Å². The van der Waals surface area contributed by atoms with E-state index in [-0.39, 0.29) is 6.54 Å². The number of rotatable bonds is 6. The minimum absolute atomic E-state index is 0.207. The van der Waals surface area contributed by atoms with Gasteiger partial charge in [-0.05, 0) is 51.1 Å². The number of anilines is 4. The van der Waals surface area contributed by atoms with Crippen LogP contribution in [-0.4, -0.2) is 21.5 Å². The highest BCUT2D eigenvalue weighted by Gasteiger charge is 2.23. The Balaban J connectivity index is 2.58. The number of aliphatic hydroxyl groups is 3. The summed E-state index contributed by atoms with van der Waals surface area (Å²) >= 11 is 0. The van der Waals surface area contributed by atoms with Crippen molar-refractivity contribution < 1.29 is 15.3 Å². The lowest BCUT2D eigenvalue weighted by atomic mass is 9.97. The maximum Gasteiger partial charge on any atom is 0.124 e. The van der Waals surface area contributed by atoms with E-state index in [1.165, 1.54) is 0 Å². The molecule has 7 nitrogen and oxygen atoms in total. The van der Waals surface area contributed by atoms with Gasteiger partial charge < -0.3 is 37.4 Å². The highest BCUT2D eigenvalue weighted by molar-refractivity contribution is 5.66. The molecule has 0 saturated heterocycles. The molecule has 2 aromatic carbocycles. The Kier molecular flexibility index (Phi) is 5.97. The SMILES string of the molecule is CC(O)c1cc(N)ccc1N(Cc1c(N)ccc(N)c1C(C)O)C(C)O. The van der Waals surface area contributed by atoms with Crippen molar-refractivity contribution in [3.8, 4) is 0 Å². The molecule has 2 aromatic rings. The summed E-state index contributed by atoms with van der Waals surface area (Å²) in [4.78, 5) is 1.68. The molecule has 2 rings (SSSR count). The number of nitrogens with zero attached hydrogens (tertiary/aromatic N) is 1. The fourth-order valence-electron chi connectivity index (χ4n) is 3.13. The van der Waals surface area contributed by atoms with Gasteiger partial charge >= 0.3 is 0 Å². The maximum atomic E-state index is 10.4. The second-order valence-corrected chi connectivity index (χ2v) is 6.57. The first-order chi connectivity index (χ1) is 12.1. The summed E-state index contributed by atoms with van der Waals surface area (Å²) in [5.74, 6) is 0. The van der Waals surface area contributed by atoms with Gasteiger partial charge in [-0.2, -0.15) is 0 Å². The van der Waals surface area contributed by atoms with Gasteiger partial charge in [0.25, 0.3) is 0 Å². The van der Waals surface area contributed by atoms with Crippen LogP contribution in [0.15, 0.2) is 30.3 Å². The fourth-order valence-corrected chi connectivity index (χ4v) is 3.13. The van der Waals surface area contributed by atoms with E-state index in [1.54, 1.807) is 56.0 Å². The molecule has 26 heavy (non-hydrogen) atoms. The molecule has 0 saturated carbocycles. The molecule has 0 bridgehead atoms. The van der Waals surface area contributed by atoms with Crippen molar-refractivity contribution in [3.05, 3.63) is 47.0 Å². The number of hydrogen-bond donors (Lipinski definition) is 6. The topological polar surface area (TPSA) is 142 Å². The molecule has 142 valence electrons. The highest BCUT2D eigenvalue weighted by atomic mass is 16.3. The summed E-state index contributed by atoms with van der Waals surface area (Å²) in [5, 5.41) is 30.6. The van der Waals surface area contributed by atoms with Gasteiger partial charge in [-0.25, -0.2) is 0 Å². The van der Waals surface area contributed by atoms with Gasteiger partial charge in [-0.1, -0.05) is 0 Å². The van der Waals surface area contributed by atoms with E-state index >= 15 is 0 Å². The molecule has 0 heterocycles. The van der Waals surface area contributed by atoms with Crippen LogP contribution in [0.2, 0.25) is 0 Å². The molecule has 9 N–H and O–H groups in total. The largest absolute Gasteiger partial charge is 0.399 e. The molecule has 0 aliphatic carbocycles. The lowest BCUT2D eigenvalue weighted by Gasteiger charge is -2.32. The van der Waals surface area contributed by atoms with Gasteiger partial charge in [-0.3, -0.25) is 0 Å². The first kappa shape index (κ1) is 19.8. The van der Waals surface area contributed by atoms with Crippen molar-refractivity contribution >= 4 is 22.7 Å². The molecule has 0 amide bonds. The lowest BCUT2D eigenvalue weighted by molar-refractivity contribution is 0.179. The molecule has 7 heteroatoms. The monoisotopic (exact) mass is 360 g/mol. The second kappa shape index (κ2) is 7.82. The average Bonchev–Trinajstić information content (AvgIpc) is 2.55. The summed E-state index contributed by atoms with van der Waals surface area (Å²) < 4.78 is 0. The quantitative estimate of drug-likeness (QED) is 0.341. The Morgan fingerprint density at radius 1 is 0.885 bits per heavy atom. The van der Waals surface area contributed by atoms with Crippen LogP contribution in [0.5, 0.6) is 0 Å². The summed E-state index contributed by atoms with van der Waals surface area (Å²) in [6.45, 7) is 5.07. The predicted octanol–water partition coefficient (Wildman–Crippen LogP) is 1.88. The Morgan fingerprint density at radius 2 is 1.50 bits per heavy atom. The molecule has 0 aliphatic rings. The standard InChI is InChI=1S/C19H28N4O3/c1-10(24)14-8-13(20)4-7-18(14)23(12(3)26)9-15-16(21)5-6-17(22)19(15)11(2)25/h4-8,10-12,24-26H,9,20-22H2,1-3H3. The number of benzene rings is 2. The molecule has 3 unspecified atom stereocenters. The van der Waals surface area contributed by atoms with Crippen molar-refractivity contribution in [3.63, 3.8) is 0 Å². The molecule has 0 aromatic heterocycles. The first-order valence-electron chi connectivity index (χ1n) is 8.50. The molecule has 0 fully saturated rings. The fraction of sp³-hybridized carbons (Fsp3) is 0.368. The third-order valence-corrected chi connectivity index (χ3v) is 4.44. The number of nitrogens with two attached hydrogens (primary N) is 3. The smallest absolute Gasteiger partial charge is 0.124 e. The van der Waals surface area contributed by atoms with Crippen molar-refractivity contribution in [2.45, 2.75) is 45.8 Å². The van der Waals surface area contributed by atoms with Crippen LogP contribution >= 0.6 is 0 Å². The summed E-state index contributed by atoms with van der Waals surface area (Å²) in [6.07, 6.45) is -2.46. The molecule has 0 spiro atoms. The van der Waals surface area contributed by atoms with Crippen molar-refractivity contribution in [1.82, 2.24) is 0 Å². The zero-order valence-electron chi connectivity index (χ0n) is 15.3. The van der Waals surface area contributed by atoms with Crippen LogP contribution in [0.25, 0.3) is 0 Å². The lowest BCUT2D eigenvalue weighted by Crippen LogP contribution is -2.34. The third-order valence-electron chi connectivity index (χ3n) is 4.44. The Hall–Kier alpha value is -2.48. The Labute approximate surface area is 153 Å². The summed E-state index contributed by atoms with van der Waals surface area (Å²) in [5.41, 5.74) is 21.8. The molecule has 0 radical (unpaired) electrons. The third kappa shape index (κ3) is 4.01. The van der Waals surface area contributed by atoms with Crippen molar-refractivity contribution in [2.75, 3.05) is 22.1 Å². The minimum atomic E-state index is -0.876. The van der Waals surface area contributed by atoms with Crippen LogP contribution in [0, 0.1) is 0 Å². The van der Waals surface area contributed by atoms with E-state index in [4.69, 9.17) is 17.2 Å². The number of aliphatic hydroxyl groups excluding tert-OH is 3. The first-order valence-corrected chi connectivity index (χ1v) is 8.50. The number of hydrogen-bond acceptors (Lipinski definition) is 7. The van der Waals surface area contributed by atoms with Crippen molar-refractivity contribution in [2.24, 2.45) is 0 Å². The van der Waals surface area contributed by atoms with Crippen LogP contribution in [-0.2, 0) is 6.54 Å². The van der Waals surface area contributed by atoms with Crippen LogP contribution < -0.4 is 22.1 Å². The van der Waals surface area contributed by atoms with Gasteiger partial charge in [0.05, 0.1) is 12.2 Å². The van der Waals surface area contributed by atoms with Gasteiger partial charge in [0.1, 0.15) is 6.23 Å². The second-order valence-electron chi connectivity index (χ2n) is 6.57. The zero-order valence-corrected chi connectivity index (χ0v) is 15.3. The maximum absolute atomic E-state index is 10.4. The van der Waals surface area contributed by atoms with E-state index in [0.29, 0.717) is 39.4 Å². The van der Waals surface area contributed by atoms with Crippen LogP contribution in [0.4, 0.5) is 22.7 Å². The van der Waals surface area contributed by atoms with E-state index in [0.717, 1.165) is 0 Å². The predicted molar refractivity (Wildman–Crippen MR) is 105 cm³/mol. The Bertz CT molecular complexity index is 776. The van der Waals surface area contributed by atoms with Gasteiger partial charge in [-0.15, -0.1) is 0 Å². The van der Waals surface area contributed by atoms with E-state index in [2.05, 4.69) is 0 Å². The van der Waals surface area contributed by atoms with Crippen molar-refractivity contribution in [1.29, 1.82) is 0 Å².